The van der Waals surface area contributed by atoms with E-state index in [0.29, 0.717) is 22.4 Å². The molecule has 2 N–H and O–H groups in total. The Morgan fingerprint density at radius 2 is 2.12 bits per heavy atom. The Labute approximate surface area is 101 Å². The van der Waals surface area contributed by atoms with Crippen LogP contribution in [-0.2, 0) is 6.42 Å². The van der Waals surface area contributed by atoms with Gasteiger partial charge in [0.15, 0.2) is 0 Å². The number of hydrogen-bond donors (Lipinski definition) is 2. The van der Waals surface area contributed by atoms with Gasteiger partial charge in [-0.05, 0) is 47.0 Å². The minimum Gasteiger partial charge on any atom is -0.288 e. The Hall–Kier alpha value is -1.23. The molecule has 84 valence electrons. The molecule has 0 atom stereocenters. The molecule has 16 heavy (non-hydrogen) atoms. The molecule has 1 aliphatic rings. The molecule has 0 aromatic heterocycles. The monoisotopic (exact) mass is 283 g/mol. The van der Waals surface area contributed by atoms with Gasteiger partial charge >= 0.3 is 0 Å². The number of benzene rings is 1. The van der Waals surface area contributed by atoms with Gasteiger partial charge in [-0.15, -0.1) is 0 Å². The first-order valence-electron chi connectivity index (χ1n) is 4.91. The third kappa shape index (κ3) is 1.75. The number of aryl methyl sites for hydroxylation is 1. The maximum atomic E-state index is 13.5. The maximum Gasteiger partial charge on any atom is 0.139 e. The summed E-state index contributed by atoms with van der Waals surface area (Å²) in [6.45, 7) is 1.60. The van der Waals surface area contributed by atoms with Gasteiger partial charge in [0.2, 0.25) is 0 Å². The number of fused-ring (bicyclic) bond motifs is 1. The number of rotatable bonds is 0. The van der Waals surface area contributed by atoms with Crippen LogP contribution in [0.25, 0.3) is 0 Å². The molecule has 1 aromatic rings. The van der Waals surface area contributed by atoms with Gasteiger partial charge in [0, 0.05) is 6.42 Å². The fourth-order valence-electron chi connectivity index (χ4n) is 1.88. The van der Waals surface area contributed by atoms with Crippen molar-refractivity contribution in [3.8, 4) is 0 Å². The van der Waals surface area contributed by atoms with E-state index < -0.39 is 0 Å². The summed E-state index contributed by atoms with van der Waals surface area (Å²) < 4.78 is 13.9. The summed E-state index contributed by atoms with van der Waals surface area (Å²) in [5, 5.41) is 15.4. The van der Waals surface area contributed by atoms with Crippen LogP contribution in [0.2, 0.25) is 0 Å². The molecule has 0 radical (unpaired) electrons. The van der Waals surface area contributed by atoms with Crippen LogP contribution in [0.15, 0.2) is 16.6 Å². The number of nitrogens with one attached hydrogen (secondary N) is 2. The van der Waals surface area contributed by atoms with Crippen molar-refractivity contribution < 1.29 is 4.39 Å². The van der Waals surface area contributed by atoms with Crippen LogP contribution >= 0.6 is 15.9 Å². The standard InChI is InChI=1S/C11H11BrFN3/c1-6(14)16-10-5-9(13)8(12)4-7(10)2-3-11(16)15/h4-5,14-15H,2-3H2,1H3. The van der Waals surface area contributed by atoms with Gasteiger partial charge in [0.25, 0.3) is 0 Å². The van der Waals surface area contributed by atoms with Crippen molar-refractivity contribution in [2.45, 2.75) is 19.8 Å². The molecular formula is C11H11BrFN3. The van der Waals surface area contributed by atoms with E-state index in [1.165, 1.54) is 11.0 Å². The third-order valence-electron chi connectivity index (χ3n) is 2.60. The zero-order valence-electron chi connectivity index (χ0n) is 8.77. The van der Waals surface area contributed by atoms with E-state index in [1.54, 1.807) is 13.0 Å². The van der Waals surface area contributed by atoms with Crippen LogP contribution in [0.4, 0.5) is 10.1 Å². The Morgan fingerprint density at radius 1 is 1.44 bits per heavy atom. The average Bonchev–Trinajstić information content (AvgIpc) is 2.20. The number of amidine groups is 2. The second-order valence-corrected chi connectivity index (χ2v) is 4.62. The topological polar surface area (TPSA) is 50.9 Å². The Kier molecular flexibility index (Phi) is 2.80. The van der Waals surface area contributed by atoms with Gasteiger partial charge in [-0.25, -0.2) is 4.39 Å². The van der Waals surface area contributed by atoms with Gasteiger partial charge in [-0.1, -0.05) is 0 Å². The lowest BCUT2D eigenvalue weighted by molar-refractivity contribution is 0.620. The lowest BCUT2D eigenvalue weighted by Crippen LogP contribution is -2.38. The fourth-order valence-corrected chi connectivity index (χ4v) is 2.27. The van der Waals surface area contributed by atoms with Crippen LogP contribution in [0.1, 0.15) is 18.9 Å². The normalized spacial score (nSPS) is 14.9. The molecule has 0 amide bonds. The van der Waals surface area contributed by atoms with Crippen LogP contribution in [0.3, 0.4) is 0 Å². The first-order valence-corrected chi connectivity index (χ1v) is 5.70. The quantitative estimate of drug-likeness (QED) is 0.557. The van der Waals surface area contributed by atoms with Crippen molar-refractivity contribution >= 4 is 33.3 Å². The highest BCUT2D eigenvalue weighted by Gasteiger charge is 2.24. The van der Waals surface area contributed by atoms with E-state index in [2.05, 4.69) is 15.9 Å². The van der Waals surface area contributed by atoms with E-state index in [0.717, 1.165) is 12.0 Å². The molecule has 0 fully saturated rings. The molecule has 1 aliphatic heterocycles. The summed E-state index contributed by atoms with van der Waals surface area (Å²) in [6.07, 6.45) is 1.30. The third-order valence-corrected chi connectivity index (χ3v) is 3.21. The molecule has 1 aromatic carbocycles. The second kappa shape index (κ2) is 3.97. The SMILES string of the molecule is CC(=N)N1C(=N)CCc2cc(Br)c(F)cc21. The summed E-state index contributed by atoms with van der Waals surface area (Å²) in [6, 6.07) is 3.11. The Morgan fingerprint density at radius 3 is 2.75 bits per heavy atom. The van der Waals surface area contributed by atoms with E-state index in [1.807, 2.05) is 0 Å². The zero-order valence-corrected chi connectivity index (χ0v) is 10.4. The smallest absolute Gasteiger partial charge is 0.139 e. The predicted octanol–water partition coefficient (Wildman–Crippen LogP) is 3.32. The number of nitrogens with zero attached hydrogens (tertiary/aromatic N) is 1. The summed E-state index contributed by atoms with van der Waals surface area (Å²) in [4.78, 5) is 1.48. The van der Waals surface area contributed by atoms with Gasteiger partial charge in [0.05, 0.1) is 10.2 Å². The van der Waals surface area contributed by atoms with Gasteiger partial charge < -0.3 is 0 Å². The molecule has 0 saturated carbocycles. The van der Waals surface area contributed by atoms with E-state index in [-0.39, 0.29) is 11.7 Å². The van der Waals surface area contributed by atoms with Crippen LogP contribution in [-0.4, -0.2) is 11.7 Å². The van der Waals surface area contributed by atoms with Crippen molar-refractivity contribution in [1.82, 2.24) is 0 Å². The molecule has 1 heterocycles. The molecular weight excluding hydrogens is 273 g/mol. The average molecular weight is 284 g/mol. The van der Waals surface area contributed by atoms with Crippen molar-refractivity contribution in [1.29, 1.82) is 10.8 Å². The van der Waals surface area contributed by atoms with Crippen LogP contribution < -0.4 is 4.90 Å². The summed E-state index contributed by atoms with van der Waals surface area (Å²) in [5.74, 6) is 0.231. The minimum absolute atomic E-state index is 0.243. The molecule has 0 spiro atoms. The van der Waals surface area contributed by atoms with Crippen molar-refractivity contribution in [2.75, 3.05) is 4.90 Å². The second-order valence-electron chi connectivity index (χ2n) is 3.76. The fraction of sp³-hybridized carbons (Fsp3) is 0.273. The molecule has 0 aliphatic carbocycles. The van der Waals surface area contributed by atoms with Gasteiger partial charge in [-0.3, -0.25) is 15.7 Å². The minimum atomic E-state index is -0.361. The molecule has 3 nitrogen and oxygen atoms in total. The first kappa shape index (κ1) is 11.3. The predicted molar refractivity (Wildman–Crippen MR) is 66.0 cm³/mol. The number of halogens is 2. The molecule has 5 heteroatoms. The molecule has 0 unspecified atom stereocenters. The lowest BCUT2D eigenvalue weighted by atomic mass is 10.0. The lowest BCUT2D eigenvalue weighted by Gasteiger charge is -2.30. The van der Waals surface area contributed by atoms with Gasteiger partial charge in [0.1, 0.15) is 17.5 Å². The zero-order chi connectivity index (χ0) is 11.9. The van der Waals surface area contributed by atoms with Crippen LogP contribution in [0.5, 0.6) is 0 Å². The van der Waals surface area contributed by atoms with E-state index in [9.17, 15) is 4.39 Å². The van der Waals surface area contributed by atoms with E-state index >= 15 is 0 Å². The largest absolute Gasteiger partial charge is 0.288 e. The van der Waals surface area contributed by atoms with Gasteiger partial charge in [-0.2, -0.15) is 0 Å². The summed E-state index contributed by atoms with van der Waals surface area (Å²) in [5.41, 5.74) is 1.58. The Balaban J connectivity index is 2.59. The molecule has 0 bridgehead atoms. The molecule has 2 rings (SSSR count). The highest BCUT2D eigenvalue weighted by atomic mass is 79.9. The molecule has 0 saturated heterocycles. The van der Waals surface area contributed by atoms with Crippen LogP contribution in [0, 0.1) is 16.6 Å². The summed E-state index contributed by atoms with van der Waals surface area (Å²) >= 11 is 3.15. The highest BCUT2D eigenvalue weighted by molar-refractivity contribution is 9.10. The maximum absolute atomic E-state index is 13.5. The van der Waals surface area contributed by atoms with Crippen molar-refractivity contribution in [3.63, 3.8) is 0 Å². The Bertz CT molecular complexity index is 484. The summed E-state index contributed by atoms with van der Waals surface area (Å²) in [7, 11) is 0. The highest BCUT2D eigenvalue weighted by Crippen LogP contribution is 2.32. The first-order chi connectivity index (χ1) is 7.50. The van der Waals surface area contributed by atoms with E-state index in [4.69, 9.17) is 10.8 Å². The van der Waals surface area contributed by atoms with Crippen molar-refractivity contribution in [3.05, 3.63) is 28.0 Å². The van der Waals surface area contributed by atoms with Crippen molar-refractivity contribution in [2.24, 2.45) is 0 Å². The number of hydrogen-bond acceptors (Lipinski definition) is 2. The number of anilines is 1.